The first-order valence-electron chi connectivity index (χ1n) is 11.7. The van der Waals surface area contributed by atoms with Crippen molar-refractivity contribution in [2.75, 3.05) is 13.1 Å². The summed E-state index contributed by atoms with van der Waals surface area (Å²) in [5.74, 6) is 0.368. The normalized spacial score (nSPS) is 19.9. The van der Waals surface area contributed by atoms with Gasteiger partial charge in [-0.15, -0.1) is 0 Å². The lowest BCUT2D eigenvalue weighted by Gasteiger charge is -2.45. The summed E-state index contributed by atoms with van der Waals surface area (Å²) in [6.07, 6.45) is 1.13. The van der Waals surface area contributed by atoms with Crippen molar-refractivity contribution in [2.45, 2.75) is 52.5 Å². The van der Waals surface area contributed by atoms with Crippen molar-refractivity contribution >= 4 is 5.91 Å². The van der Waals surface area contributed by atoms with E-state index in [0.717, 1.165) is 11.4 Å². The first-order valence-corrected chi connectivity index (χ1v) is 11.7. The van der Waals surface area contributed by atoms with Crippen molar-refractivity contribution in [3.8, 4) is 11.3 Å². The van der Waals surface area contributed by atoms with E-state index in [4.69, 9.17) is 15.5 Å². The Labute approximate surface area is 200 Å². The van der Waals surface area contributed by atoms with Gasteiger partial charge in [0.2, 0.25) is 0 Å². The zero-order valence-electron chi connectivity index (χ0n) is 20.2. The number of nitrogens with zero attached hydrogens (tertiary/aromatic N) is 3. The Hall–Kier alpha value is -3.03. The van der Waals surface area contributed by atoms with E-state index in [-0.39, 0.29) is 29.3 Å². The molecule has 2 heterocycles. The molecule has 0 aliphatic carbocycles. The molecular weight excluding hydrogens is 431 g/mol. The van der Waals surface area contributed by atoms with Gasteiger partial charge in [-0.25, -0.2) is 9.37 Å². The molecule has 34 heavy (non-hydrogen) atoms. The minimum absolute atomic E-state index is 0.0776. The minimum atomic E-state index is -0.577. The van der Waals surface area contributed by atoms with Gasteiger partial charge in [0.15, 0.2) is 0 Å². The number of nitrogens with two attached hydrogens (primary N) is 1. The number of aromatic nitrogens is 2. The summed E-state index contributed by atoms with van der Waals surface area (Å²) in [6, 6.07) is 16.2. The Morgan fingerprint density at radius 2 is 1.91 bits per heavy atom. The largest absolute Gasteiger partial charge is 0.362 e. The summed E-state index contributed by atoms with van der Waals surface area (Å²) < 4.78 is 21.9. The minimum Gasteiger partial charge on any atom is -0.362 e. The third-order valence-electron chi connectivity index (χ3n) is 6.19. The number of carbonyl (C=O) groups is 1. The molecule has 7 heteroatoms. The van der Waals surface area contributed by atoms with Gasteiger partial charge in [0.25, 0.3) is 5.91 Å². The van der Waals surface area contributed by atoms with E-state index in [1.165, 1.54) is 12.1 Å². The zero-order valence-corrected chi connectivity index (χ0v) is 20.2. The van der Waals surface area contributed by atoms with Crippen LogP contribution in [-0.2, 0) is 16.1 Å². The molecule has 1 saturated heterocycles. The standard InChI is InChI=1S/C27H33FN4O2/c1-18-26(33)32(16-22(14-29)34-18)24(27(2,3)4)25-30-23(20-11-8-12-21(28)13-20)17-31(25)15-19-9-6-5-7-10-19/h5-13,17-18,22,24H,14-16,29H2,1-4H3/t18-,22-,24+/m1/s1. The molecule has 0 unspecified atom stereocenters. The molecule has 180 valence electrons. The van der Waals surface area contributed by atoms with E-state index in [2.05, 4.69) is 37.5 Å². The molecule has 1 amide bonds. The molecule has 1 aliphatic heterocycles. The van der Waals surface area contributed by atoms with E-state index >= 15 is 0 Å². The molecule has 6 nitrogen and oxygen atoms in total. The second-order valence-electron chi connectivity index (χ2n) is 10.0. The van der Waals surface area contributed by atoms with Crippen LogP contribution in [0, 0.1) is 11.2 Å². The lowest BCUT2D eigenvalue weighted by molar-refractivity contribution is -0.167. The predicted molar refractivity (Wildman–Crippen MR) is 130 cm³/mol. The van der Waals surface area contributed by atoms with Crippen molar-refractivity contribution in [1.29, 1.82) is 0 Å². The summed E-state index contributed by atoms with van der Waals surface area (Å²) in [6.45, 7) is 9.39. The smallest absolute Gasteiger partial charge is 0.252 e. The molecule has 0 spiro atoms. The van der Waals surface area contributed by atoms with Crippen LogP contribution < -0.4 is 5.73 Å². The lowest BCUT2D eigenvalue weighted by atomic mass is 9.84. The first-order chi connectivity index (χ1) is 16.2. The number of amides is 1. The highest BCUT2D eigenvalue weighted by Crippen LogP contribution is 2.40. The Morgan fingerprint density at radius 3 is 2.56 bits per heavy atom. The second-order valence-corrected chi connectivity index (χ2v) is 10.0. The van der Waals surface area contributed by atoms with Crippen LogP contribution >= 0.6 is 0 Å². The number of rotatable bonds is 6. The van der Waals surface area contributed by atoms with Gasteiger partial charge in [0, 0.05) is 31.4 Å². The highest BCUT2D eigenvalue weighted by molar-refractivity contribution is 5.81. The van der Waals surface area contributed by atoms with Crippen molar-refractivity contribution in [2.24, 2.45) is 11.1 Å². The van der Waals surface area contributed by atoms with Crippen LogP contribution in [-0.4, -0.2) is 45.7 Å². The molecule has 0 radical (unpaired) electrons. The Bertz CT molecular complexity index is 1140. The number of hydrogen-bond acceptors (Lipinski definition) is 4. The fourth-order valence-electron chi connectivity index (χ4n) is 4.63. The summed E-state index contributed by atoms with van der Waals surface area (Å²) in [4.78, 5) is 20.2. The maximum Gasteiger partial charge on any atom is 0.252 e. The first kappa shape index (κ1) is 24.1. The zero-order chi connectivity index (χ0) is 24.5. The maximum atomic E-state index is 14.0. The molecule has 1 aromatic heterocycles. The number of ether oxygens (including phenoxy) is 1. The third-order valence-corrected chi connectivity index (χ3v) is 6.19. The van der Waals surface area contributed by atoms with Crippen LogP contribution in [0.4, 0.5) is 4.39 Å². The Kier molecular flexibility index (Phi) is 6.86. The molecule has 2 N–H and O–H groups in total. The molecule has 1 aliphatic rings. The number of benzene rings is 2. The molecule has 4 rings (SSSR count). The Morgan fingerprint density at radius 1 is 1.18 bits per heavy atom. The number of halogens is 1. The van der Waals surface area contributed by atoms with Crippen molar-refractivity contribution in [3.05, 3.63) is 78.0 Å². The highest BCUT2D eigenvalue weighted by atomic mass is 19.1. The summed E-state index contributed by atoms with van der Waals surface area (Å²) in [5, 5.41) is 0. The fraction of sp³-hybridized carbons (Fsp3) is 0.407. The molecular formula is C27H33FN4O2. The van der Waals surface area contributed by atoms with Crippen LogP contribution in [0.2, 0.25) is 0 Å². The average molecular weight is 465 g/mol. The lowest BCUT2D eigenvalue weighted by Crippen LogP contribution is -2.56. The molecule has 0 saturated carbocycles. The van der Waals surface area contributed by atoms with Crippen molar-refractivity contribution < 1.29 is 13.9 Å². The van der Waals surface area contributed by atoms with Crippen LogP contribution in [0.25, 0.3) is 11.3 Å². The number of imidazole rings is 1. The average Bonchev–Trinajstić information content (AvgIpc) is 3.19. The van der Waals surface area contributed by atoms with E-state index in [9.17, 15) is 9.18 Å². The van der Waals surface area contributed by atoms with Crippen LogP contribution in [0.3, 0.4) is 0 Å². The van der Waals surface area contributed by atoms with E-state index < -0.39 is 6.10 Å². The quantitative estimate of drug-likeness (QED) is 0.587. The molecule has 3 aromatic rings. The Balaban J connectivity index is 1.84. The molecule has 0 bridgehead atoms. The summed E-state index contributed by atoms with van der Waals surface area (Å²) in [7, 11) is 0. The van der Waals surface area contributed by atoms with Gasteiger partial charge in [-0.3, -0.25) is 4.79 Å². The van der Waals surface area contributed by atoms with Gasteiger partial charge < -0.3 is 19.9 Å². The van der Waals surface area contributed by atoms with Gasteiger partial charge in [0.05, 0.1) is 17.8 Å². The second kappa shape index (κ2) is 9.68. The summed E-state index contributed by atoms with van der Waals surface area (Å²) >= 11 is 0. The SMILES string of the molecule is C[C@H]1O[C@H](CN)CN([C@@H](c2nc(-c3cccc(F)c3)cn2Cc2ccccc2)C(C)(C)C)C1=O. The van der Waals surface area contributed by atoms with Crippen molar-refractivity contribution in [3.63, 3.8) is 0 Å². The van der Waals surface area contributed by atoms with E-state index in [0.29, 0.717) is 30.9 Å². The monoisotopic (exact) mass is 464 g/mol. The number of carbonyl (C=O) groups excluding carboxylic acids is 1. The predicted octanol–water partition coefficient (Wildman–Crippen LogP) is 4.40. The van der Waals surface area contributed by atoms with Gasteiger partial charge >= 0.3 is 0 Å². The van der Waals surface area contributed by atoms with Gasteiger partial charge in [-0.1, -0.05) is 63.2 Å². The van der Waals surface area contributed by atoms with Gasteiger partial charge in [-0.05, 0) is 30.0 Å². The molecule has 3 atom stereocenters. The third kappa shape index (κ3) is 5.05. The van der Waals surface area contributed by atoms with E-state index in [1.807, 2.05) is 35.4 Å². The summed E-state index contributed by atoms with van der Waals surface area (Å²) in [5.41, 5.74) is 8.08. The maximum absolute atomic E-state index is 14.0. The van der Waals surface area contributed by atoms with E-state index in [1.54, 1.807) is 13.0 Å². The fourth-order valence-corrected chi connectivity index (χ4v) is 4.63. The number of morpholine rings is 1. The number of hydrogen-bond donors (Lipinski definition) is 1. The van der Waals surface area contributed by atoms with Crippen LogP contribution in [0.5, 0.6) is 0 Å². The molecule has 2 aromatic carbocycles. The van der Waals surface area contributed by atoms with Crippen LogP contribution in [0.15, 0.2) is 60.8 Å². The van der Waals surface area contributed by atoms with Crippen molar-refractivity contribution in [1.82, 2.24) is 14.5 Å². The highest BCUT2D eigenvalue weighted by Gasteiger charge is 2.43. The van der Waals surface area contributed by atoms with Crippen LogP contribution in [0.1, 0.15) is 45.1 Å². The van der Waals surface area contributed by atoms with Gasteiger partial charge in [-0.2, -0.15) is 0 Å². The van der Waals surface area contributed by atoms with Gasteiger partial charge in [0.1, 0.15) is 17.7 Å². The molecule has 1 fully saturated rings. The topological polar surface area (TPSA) is 73.4 Å².